The average molecular weight is 659 g/mol. The molecule has 0 saturated carbocycles. The standard InChI is InChI=1S/C36H40N4O8/c1-18-22(5-8-34(42)43)30-13-27-19(2)23(6-9-35(44)45)32(38-27)15-29-21(4)25(11-12-48-17-41)33(40-29)16-28-20(3)24(7-10-36(46)47)31(39-28)14-26(18)37-30/h13-16,37-38,41H,5-12,17H2,1-4H3,(H,42,43)(H,44,45)(H,46,47)/p+2. The lowest BCUT2D eigenvalue weighted by atomic mass is 9.99. The molecular formula is C36H42N4O8+2. The summed E-state index contributed by atoms with van der Waals surface area (Å²) >= 11 is 0. The highest BCUT2D eigenvalue weighted by Crippen LogP contribution is 2.35. The van der Waals surface area contributed by atoms with E-state index in [4.69, 9.17) is 4.74 Å². The number of fused-ring (bicyclic) bond motifs is 8. The Bertz CT molecular complexity index is 2030. The van der Waals surface area contributed by atoms with Gasteiger partial charge in [-0.2, -0.15) is 0 Å². The summed E-state index contributed by atoms with van der Waals surface area (Å²) in [5.41, 5.74) is 13.4. The normalized spacial score (nSPS) is 13.0. The Labute approximate surface area is 276 Å². The van der Waals surface area contributed by atoms with Gasteiger partial charge in [0.2, 0.25) is 22.8 Å². The van der Waals surface area contributed by atoms with Crippen molar-refractivity contribution in [1.82, 2.24) is 9.97 Å². The van der Waals surface area contributed by atoms with Crippen LogP contribution in [0.25, 0.3) is 44.4 Å². The van der Waals surface area contributed by atoms with Crippen molar-refractivity contribution in [2.45, 2.75) is 72.6 Å². The first kappa shape index (κ1) is 34.3. The zero-order chi connectivity index (χ0) is 34.7. The van der Waals surface area contributed by atoms with Gasteiger partial charge in [0.05, 0.1) is 12.7 Å². The molecule has 0 amide bonds. The number of H-pyrrole nitrogens is 4. The van der Waals surface area contributed by atoms with Crippen LogP contribution in [0.2, 0.25) is 0 Å². The predicted molar refractivity (Wildman–Crippen MR) is 179 cm³/mol. The number of hydrogen-bond donors (Lipinski definition) is 6. The molecule has 2 aliphatic rings. The molecule has 8 N–H and O–H groups in total. The lowest BCUT2D eigenvalue weighted by Gasteiger charge is -2.01. The second-order valence-corrected chi connectivity index (χ2v) is 12.3. The summed E-state index contributed by atoms with van der Waals surface area (Å²) in [6.45, 7) is 7.74. The molecule has 3 aromatic heterocycles. The van der Waals surface area contributed by atoms with Gasteiger partial charge in [-0.25, -0.2) is 9.97 Å². The summed E-state index contributed by atoms with van der Waals surface area (Å²) < 4.78 is 5.28. The maximum atomic E-state index is 11.6. The Morgan fingerprint density at radius 2 is 1.04 bits per heavy atom. The molecule has 0 aromatic carbocycles. The second kappa shape index (κ2) is 14.4. The Kier molecular flexibility index (Phi) is 10.3. The number of allylic oxidation sites excluding steroid dienone is 3. The van der Waals surface area contributed by atoms with Gasteiger partial charge in [-0.3, -0.25) is 14.4 Å². The smallest absolute Gasteiger partial charge is 0.303 e. The summed E-state index contributed by atoms with van der Waals surface area (Å²) in [6.07, 6.45) is 1.28. The number of aliphatic carboxylic acids is 3. The van der Waals surface area contributed by atoms with Gasteiger partial charge >= 0.3 is 17.9 Å². The number of aromatic amines is 4. The molecule has 0 spiro atoms. The first-order chi connectivity index (χ1) is 22.9. The number of carbonyl (C=O) groups is 3. The molecule has 252 valence electrons. The number of aliphatic hydroxyl groups is 1. The number of hydrogen-bond acceptors (Lipinski definition) is 5. The van der Waals surface area contributed by atoms with Crippen LogP contribution in [0, 0.1) is 13.8 Å². The highest BCUT2D eigenvalue weighted by Gasteiger charge is 2.29. The van der Waals surface area contributed by atoms with E-state index in [1.54, 1.807) is 0 Å². The SMILES string of the molecule is CC1=C(CCOCO)c2cc3[nH+]c(cc4[nH]c(cc5[nH]c(cc1[nH+]2)c(CCC(=O)O)c5C)c(CCC(=O)O)c4C)C(CCC(=O)O)=C3C. The van der Waals surface area contributed by atoms with E-state index in [1.807, 2.05) is 52.0 Å². The number of carboxylic acid groups (broad SMARTS) is 3. The fraction of sp³-hybridized carbons (Fsp3) is 0.361. The molecule has 12 nitrogen and oxygen atoms in total. The van der Waals surface area contributed by atoms with Gasteiger partial charge in [0, 0.05) is 82.2 Å². The highest BCUT2D eigenvalue weighted by molar-refractivity contribution is 5.93. The number of carboxylic acids is 3. The van der Waals surface area contributed by atoms with Crippen LogP contribution >= 0.6 is 0 Å². The maximum Gasteiger partial charge on any atom is 0.303 e. The molecule has 0 radical (unpaired) electrons. The van der Waals surface area contributed by atoms with Crippen LogP contribution in [0.5, 0.6) is 0 Å². The molecule has 48 heavy (non-hydrogen) atoms. The zero-order valence-corrected chi connectivity index (χ0v) is 27.6. The van der Waals surface area contributed by atoms with Crippen molar-refractivity contribution >= 4 is 62.3 Å². The number of aryl methyl sites for hydroxylation is 4. The summed E-state index contributed by atoms with van der Waals surface area (Å²) in [7, 11) is 0. The summed E-state index contributed by atoms with van der Waals surface area (Å²) in [5, 5.41) is 37.8. The molecular weight excluding hydrogens is 616 g/mol. The van der Waals surface area contributed by atoms with E-state index in [2.05, 4.69) is 19.9 Å². The van der Waals surface area contributed by atoms with Crippen molar-refractivity contribution in [3.63, 3.8) is 0 Å². The first-order valence-electron chi connectivity index (χ1n) is 16.0. The molecule has 3 aromatic rings. The van der Waals surface area contributed by atoms with Crippen molar-refractivity contribution in [2.24, 2.45) is 0 Å². The Balaban J connectivity index is 1.89. The van der Waals surface area contributed by atoms with Crippen LogP contribution < -0.4 is 9.97 Å². The largest absolute Gasteiger partial charge is 0.481 e. The second-order valence-electron chi connectivity index (χ2n) is 12.3. The number of nitrogens with one attached hydrogen (secondary N) is 4. The third-order valence-electron chi connectivity index (χ3n) is 9.31. The van der Waals surface area contributed by atoms with Crippen LogP contribution in [0.3, 0.4) is 0 Å². The molecule has 0 saturated heterocycles. The monoisotopic (exact) mass is 658 g/mol. The van der Waals surface area contributed by atoms with E-state index in [-0.39, 0.29) is 19.3 Å². The molecule has 12 heteroatoms. The predicted octanol–water partition coefficient (Wildman–Crippen LogP) is 4.89. The van der Waals surface area contributed by atoms with Crippen LogP contribution in [0.15, 0.2) is 24.3 Å². The van der Waals surface area contributed by atoms with Gasteiger partial charge in [-0.05, 0) is 75.3 Å². The van der Waals surface area contributed by atoms with Gasteiger partial charge in [-0.1, -0.05) is 0 Å². The third-order valence-corrected chi connectivity index (χ3v) is 9.31. The van der Waals surface area contributed by atoms with Crippen LogP contribution in [0.1, 0.15) is 91.0 Å². The Hall–Kier alpha value is -5.07. The molecule has 0 aliphatic carbocycles. The van der Waals surface area contributed by atoms with Crippen LogP contribution in [-0.2, 0) is 32.0 Å². The van der Waals surface area contributed by atoms with Gasteiger partial charge in [-0.15, -0.1) is 0 Å². The topological polar surface area (TPSA) is 201 Å². The van der Waals surface area contributed by atoms with Gasteiger partial charge in [0.1, 0.15) is 6.79 Å². The molecule has 2 aliphatic heterocycles. The molecule has 0 atom stereocenters. The first-order valence-corrected chi connectivity index (χ1v) is 16.0. The van der Waals surface area contributed by atoms with Crippen LogP contribution in [0.4, 0.5) is 0 Å². The van der Waals surface area contributed by atoms with Gasteiger partial charge in [0.15, 0.2) is 0 Å². The number of rotatable bonds is 13. The van der Waals surface area contributed by atoms with Gasteiger partial charge in [0.25, 0.3) is 0 Å². The summed E-state index contributed by atoms with van der Waals surface area (Å²) in [5.74, 6) is -2.71. The van der Waals surface area contributed by atoms with E-state index in [9.17, 15) is 34.8 Å². The molecule has 5 rings (SSSR count). The van der Waals surface area contributed by atoms with E-state index in [0.29, 0.717) is 32.3 Å². The van der Waals surface area contributed by atoms with E-state index in [0.717, 1.165) is 89.4 Å². The van der Waals surface area contributed by atoms with Crippen LogP contribution in [-0.4, -0.2) is 61.7 Å². The average Bonchev–Trinajstić information content (AvgIpc) is 3.68. The van der Waals surface area contributed by atoms with Crippen molar-refractivity contribution in [3.8, 4) is 0 Å². The number of ether oxygens (including phenoxy) is 1. The zero-order valence-electron chi connectivity index (χ0n) is 27.6. The fourth-order valence-corrected chi connectivity index (χ4v) is 6.59. The maximum absolute atomic E-state index is 11.6. The lowest BCUT2D eigenvalue weighted by molar-refractivity contribution is -0.388. The third kappa shape index (κ3) is 7.24. The lowest BCUT2D eigenvalue weighted by Crippen LogP contribution is -2.11. The summed E-state index contributed by atoms with van der Waals surface area (Å²) in [4.78, 5) is 48.9. The van der Waals surface area contributed by atoms with E-state index in [1.165, 1.54) is 0 Å². The Morgan fingerprint density at radius 3 is 1.58 bits per heavy atom. The molecule has 0 unspecified atom stereocenters. The van der Waals surface area contributed by atoms with Crippen molar-refractivity contribution in [3.05, 3.63) is 69.3 Å². The molecule has 0 fully saturated rings. The van der Waals surface area contributed by atoms with Crippen molar-refractivity contribution in [2.75, 3.05) is 13.4 Å². The Morgan fingerprint density at radius 1 is 0.604 bits per heavy atom. The molecule has 8 bridgehead atoms. The minimum absolute atomic E-state index is 0.0472. The van der Waals surface area contributed by atoms with Crippen molar-refractivity contribution < 1.29 is 49.5 Å². The minimum Gasteiger partial charge on any atom is -0.481 e. The number of aromatic nitrogens is 4. The fourth-order valence-electron chi connectivity index (χ4n) is 6.59. The van der Waals surface area contributed by atoms with E-state index < -0.39 is 24.7 Å². The minimum atomic E-state index is -0.909. The summed E-state index contributed by atoms with van der Waals surface area (Å²) in [6, 6.07) is 7.87. The quantitative estimate of drug-likeness (QED) is 0.110. The van der Waals surface area contributed by atoms with Gasteiger partial charge < -0.3 is 35.1 Å². The molecule has 5 heterocycles. The highest BCUT2D eigenvalue weighted by atomic mass is 16.6. The van der Waals surface area contributed by atoms with Crippen molar-refractivity contribution in [1.29, 1.82) is 0 Å². The van der Waals surface area contributed by atoms with E-state index >= 15 is 0 Å². The number of aliphatic hydroxyl groups excluding tert-OH is 1.